The third kappa shape index (κ3) is 12.9. The Kier molecular flexibility index (Phi) is 12.6. The summed E-state index contributed by atoms with van der Waals surface area (Å²) in [7, 11) is 1.67. The predicted octanol–water partition coefficient (Wildman–Crippen LogP) is 3.96. The van der Waals surface area contributed by atoms with Crippen LogP contribution < -0.4 is 5.32 Å². The first-order valence-electron chi connectivity index (χ1n) is 10.8. The van der Waals surface area contributed by atoms with Gasteiger partial charge in [0.25, 0.3) is 0 Å². The van der Waals surface area contributed by atoms with E-state index in [0.717, 1.165) is 25.1 Å². The molecule has 0 aliphatic carbocycles. The van der Waals surface area contributed by atoms with Gasteiger partial charge in [0.1, 0.15) is 12.2 Å². The van der Waals surface area contributed by atoms with E-state index in [-0.39, 0.29) is 18.7 Å². The van der Waals surface area contributed by atoms with Crippen molar-refractivity contribution in [2.24, 2.45) is 0 Å². The number of carbonyl (C=O) groups excluding carboxylic acids is 2. The second-order valence-electron chi connectivity index (χ2n) is 8.12. The van der Waals surface area contributed by atoms with E-state index in [1.165, 1.54) is 4.90 Å². The molecule has 31 heavy (non-hydrogen) atoms. The molecule has 0 aliphatic heterocycles. The Balaban J connectivity index is 2.06. The molecule has 0 fully saturated rings. The van der Waals surface area contributed by atoms with Gasteiger partial charge in [0.15, 0.2) is 0 Å². The number of nitrogens with zero attached hydrogens (tertiary/aromatic N) is 1. The third-order valence-electron chi connectivity index (χ3n) is 4.09. The number of carbonyl (C=O) groups is 2. The number of anilines is 1. The zero-order valence-corrected chi connectivity index (χ0v) is 19.6. The topological polar surface area (TPSA) is 86.3 Å². The normalized spacial score (nSPS) is 11.1. The number of nitrogens with one attached hydrogen (secondary N) is 1. The predicted molar refractivity (Wildman–Crippen MR) is 121 cm³/mol. The molecule has 1 aromatic carbocycles. The van der Waals surface area contributed by atoms with Crippen molar-refractivity contribution in [3.8, 4) is 0 Å². The number of likely N-dealkylation sites (N-methyl/N-ethyl adjacent to an activating group) is 1. The highest BCUT2D eigenvalue weighted by atomic mass is 16.6. The van der Waals surface area contributed by atoms with Gasteiger partial charge in [-0.3, -0.25) is 0 Å². The second-order valence-corrected chi connectivity index (χ2v) is 8.12. The molecular weight excluding hydrogens is 400 g/mol. The fraction of sp³-hybridized carbons (Fsp3) is 0.652. The lowest BCUT2D eigenvalue weighted by molar-refractivity contribution is 0.00592. The number of hydrogen-bond acceptors (Lipinski definition) is 7. The number of rotatable bonds is 14. The Morgan fingerprint density at radius 1 is 0.968 bits per heavy atom. The van der Waals surface area contributed by atoms with Crippen LogP contribution in [0.5, 0.6) is 0 Å². The first-order chi connectivity index (χ1) is 14.7. The van der Waals surface area contributed by atoms with Crippen LogP contribution in [0.2, 0.25) is 0 Å². The molecule has 1 rings (SSSR count). The van der Waals surface area contributed by atoms with Crippen molar-refractivity contribution < 1.29 is 28.5 Å². The minimum atomic E-state index is -0.515. The van der Waals surface area contributed by atoms with Gasteiger partial charge in [-0.1, -0.05) is 13.3 Å². The summed E-state index contributed by atoms with van der Waals surface area (Å²) in [6.45, 7) is 10.6. The van der Waals surface area contributed by atoms with E-state index in [1.54, 1.807) is 19.2 Å². The maximum atomic E-state index is 12.0. The van der Waals surface area contributed by atoms with E-state index < -0.39 is 5.60 Å². The molecule has 0 aromatic heterocycles. The van der Waals surface area contributed by atoms with Crippen LogP contribution in [0, 0.1) is 0 Å². The number of ether oxygens (including phenoxy) is 4. The zero-order valence-electron chi connectivity index (χ0n) is 19.6. The van der Waals surface area contributed by atoms with E-state index in [4.69, 9.17) is 18.9 Å². The van der Waals surface area contributed by atoms with Gasteiger partial charge in [-0.15, -0.1) is 0 Å². The van der Waals surface area contributed by atoms with Crippen LogP contribution in [-0.4, -0.2) is 75.7 Å². The average molecular weight is 439 g/mol. The lowest BCUT2D eigenvalue weighted by Gasteiger charge is -2.24. The number of benzene rings is 1. The molecule has 0 heterocycles. The molecule has 1 amide bonds. The molecule has 0 saturated carbocycles. The van der Waals surface area contributed by atoms with E-state index in [0.29, 0.717) is 38.5 Å². The molecule has 0 bridgehead atoms. The van der Waals surface area contributed by atoms with Crippen molar-refractivity contribution in [1.29, 1.82) is 0 Å². The molecule has 0 radical (unpaired) electrons. The first kappa shape index (κ1) is 26.7. The van der Waals surface area contributed by atoms with Crippen molar-refractivity contribution in [2.75, 3.05) is 58.5 Å². The molecule has 0 saturated heterocycles. The fourth-order valence-electron chi connectivity index (χ4n) is 2.36. The third-order valence-corrected chi connectivity index (χ3v) is 4.09. The Labute approximate surface area is 186 Å². The van der Waals surface area contributed by atoms with Crippen LogP contribution in [0.3, 0.4) is 0 Å². The van der Waals surface area contributed by atoms with Gasteiger partial charge in [-0.25, -0.2) is 9.59 Å². The summed E-state index contributed by atoms with van der Waals surface area (Å²) in [5.74, 6) is -0.370. The number of hydrogen-bond donors (Lipinski definition) is 1. The van der Waals surface area contributed by atoms with Gasteiger partial charge in [0, 0.05) is 25.8 Å². The quantitative estimate of drug-likeness (QED) is 0.348. The van der Waals surface area contributed by atoms with E-state index in [1.807, 2.05) is 32.9 Å². The molecule has 0 spiro atoms. The smallest absolute Gasteiger partial charge is 0.410 e. The summed E-state index contributed by atoms with van der Waals surface area (Å²) in [4.78, 5) is 25.3. The SMILES string of the molecule is CCCCNc1ccc(C(=O)OCCOCCOCCN(C)C(=O)OC(C)(C)C)cc1. The molecule has 8 heteroatoms. The van der Waals surface area contributed by atoms with Gasteiger partial charge in [-0.05, 0) is 51.5 Å². The van der Waals surface area contributed by atoms with Crippen molar-refractivity contribution in [3.05, 3.63) is 29.8 Å². The molecule has 1 aromatic rings. The van der Waals surface area contributed by atoms with Crippen LogP contribution >= 0.6 is 0 Å². The van der Waals surface area contributed by atoms with Crippen LogP contribution in [-0.2, 0) is 18.9 Å². The molecule has 176 valence electrons. The Morgan fingerprint density at radius 3 is 2.19 bits per heavy atom. The van der Waals surface area contributed by atoms with Crippen LogP contribution in [0.15, 0.2) is 24.3 Å². The minimum absolute atomic E-state index is 0.177. The lowest BCUT2D eigenvalue weighted by atomic mass is 10.2. The zero-order chi connectivity index (χ0) is 23.1. The minimum Gasteiger partial charge on any atom is -0.460 e. The maximum absolute atomic E-state index is 12.0. The Morgan fingerprint density at radius 2 is 1.58 bits per heavy atom. The molecule has 0 atom stereocenters. The Bertz CT molecular complexity index is 642. The molecule has 8 nitrogen and oxygen atoms in total. The van der Waals surface area contributed by atoms with Crippen LogP contribution in [0.4, 0.5) is 10.5 Å². The molecule has 0 unspecified atom stereocenters. The summed E-state index contributed by atoms with van der Waals surface area (Å²) in [6, 6.07) is 7.25. The standard InChI is InChI=1S/C23H38N2O6/c1-6-7-12-24-20-10-8-19(9-11-20)21(26)30-18-17-29-16-15-28-14-13-25(5)22(27)31-23(2,3)4/h8-11,24H,6-7,12-18H2,1-5H3. The fourth-order valence-corrected chi connectivity index (χ4v) is 2.36. The summed E-state index contributed by atoms with van der Waals surface area (Å²) in [5, 5.41) is 3.30. The highest BCUT2D eigenvalue weighted by Gasteiger charge is 2.19. The van der Waals surface area contributed by atoms with Crippen molar-refractivity contribution in [2.45, 2.75) is 46.1 Å². The monoisotopic (exact) mass is 438 g/mol. The summed E-state index contributed by atoms with van der Waals surface area (Å²) >= 11 is 0. The van der Waals surface area contributed by atoms with Gasteiger partial charge in [0.2, 0.25) is 0 Å². The molecule has 0 aliphatic rings. The summed E-state index contributed by atoms with van der Waals surface area (Å²) in [5.41, 5.74) is 0.988. The maximum Gasteiger partial charge on any atom is 0.410 e. The highest BCUT2D eigenvalue weighted by molar-refractivity contribution is 5.89. The van der Waals surface area contributed by atoms with E-state index >= 15 is 0 Å². The van der Waals surface area contributed by atoms with E-state index in [2.05, 4.69) is 12.2 Å². The van der Waals surface area contributed by atoms with Crippen molar-refractivity contribution >= 4 is 17.7 Å². The number of esters is 1. The van der Waals surface area contributed by atoms with Crippen LogP contribution in [0.25, 0.3) is 0 Å². The van der Waals surface area contributed by atoms with Crippen molar-refractivity contribution in [1.82, 2.24) is 4.90 Å². The number of unbranched alkanes of at least 4 members (excludes halogenated alkanes) is 1. The van der Waals surface area contributed by atoms with Gasteiger partial charge >= 0.3 is 12.1 Å². The summed E-state index contributed by atoms with van der Waals surface area (Å²) in [6.07, 6.45) is 1.87. The first-order valence-corrected chi connectivity index (χ1v) is 10.8. The summed E-state index contributed by atoms with van der Waals surface area (Å²) < 4.78 is 21.3. The largest absolute Gasteiger partial charge is 0.460 e. The molecular formula is C23H38N2O6. The van der Waals surface area contributed by atoms with Gasteiger partial charge in [0.05, 0.1) is 32.0 Å². The second kappa shape index (κ2) is 14.6. The van der Waals surface area contributed by atoms with E-state index in [9.17, 15) is 9.59 Å². The van der Waals surface area contributed by atoms with Crippen molar-refractivity contribution in [3.63, 3.8) is 0 Å². The lowest BCUT2D eigenvalue weighted by Crippen LogP contribution is -2.36. The van der Waals surface area contributed by atoms with Gasteiger partial charge in [-0.2, -0.15) is 0 Å². The van der Waals surface area contributed by atoms with Crippen LogP contribution in [0.1, 0.15) is 50.9 Å². The highest BCUT2D eigenvalue weighted by Crippen LogP contribution is 2.11. The van der Waals surface area contributed by atoms with Gasteiger partial charge < -0.3 is 29.2 Å². The average Bonchev–Trinajstić information content (AvgIpc) is 2.71. The molecule has 1 N–H and O–H groups in total. The number of amides is 1. The Hall–Kier alpha value is -2.32.